The minimum atomic E-state index is -4.45. The van der Waals surface area contributed by atoms with Gasteiger partial charge in [-0.05, 0) is 31.0 Å². The third-order valence-corrected chi connectivity index (χ3v) is 4.48. The number of halogens is 3. The van der Waals surface area contributed by atoms with E-state index >= 15 is 0 Å². The van der Waals surface area contributed by atoms with Gasteiger partial charge in [0, 0.05) is 30.8 Å². The fourth-order valence-electron chi connectivity index (χ4n) is 2.83. The number of carbonyl (C=O) groups is 1. The minimum Gasteiger partial charge on any atom is -0.334 e. The van der Waals surface area contributed by atoms with E-state index in [1.54, 1.807) is 4.68 Å². The summed E-state index contributed by atoms with van der Waals surface area (Å²) in [5.74, 6) is 0.126. The Hall–Kier alpha value is -2.38. The summed E-state index contributed by atoms with van der Waals surface area (Å²) in [6, 6.07) is 4.57. The maximum Gasteiger partial charge on any atom is 0.416 e. The summed E-state index contributed by atoms with van der Waals surface area (Å²) in [5, 5.41) is 8.22. The lowest BCUT2D eigenvalue weighted by atomic mass is 10.0. The van der Waals surface area contributed by atoms with Gasteiger partial charge in [-0.1, -0.05) is 11.3 Å². The zero-order valence-electron chi connectivity index (χ0n) is 12.7. The van der Waals surface area contributed by atoms with Crippen molar-refractivity contribution in [2.24, 2.45) is 0 Å². The van der Waals surface area contributed by atoms with Crippen LogP contribution in [0.15, 0.2) is 30.5 Å². The van der Waals surface area contributed by atoms with Crippen molar-refractivity contribution in [1.29, 1.82) is 0 Å². The smallest absolute Gasteiger partial charge is 0.334 e. The standard InChI is InChI=1S/C16H15F3N4O/c17-16(18,19)12-3-1-2-11(6-12)15(24)22-7-13(8-22)23-9-14(20-21-23)10-4-5-10/h1-3,6,9-10,13H,4-5,7-8H2. The molecule has 0 radical (unpaired) electrons. The summed E-state index contributed by atoms with van der Waals surface area (Å²) in [4.78, 5) is 13.8. The van der Waals surface area contributed by atoms with Gasteiger partial charge in [-0.25, -0.2) is 4.68 Å². The first-order chi connectivity index (χ1) is 11.4. The molecule has 0 spiro atoms. The molecule has 1 saturated carbocycles. The maximum absolute atomic E-state index is 12.7. The normalized spacial score (nSPS) is 18.5. The van der Waals surface area contributed by atoms with Crippen LogP contribution in [0, 0.1) is 0 Å². The average Bonchev–Trinajstić information content (AvgIpc) is 3.24. The summed E-state index contributed by atoms with van der Waals surface area (Å²) >= 11 is 0. The summed E-state index contributed by atoms with van der Waals surface area (Å²) in [5.41, 5.74) is 0.231. The molecule has 126 valence electrons. The van der Waals surface area contributed by atoms with Crippen molar-refractivity contribution in [2.75, 3.05) is 13.1 Å². The first kappa shape index (κ1) is 15.2. The van der Waals surface area contributed by atoms with Gasteiger partial charge >= 0.3 is 6.18 Å². The molecule has 24 heavy (non-hydrogen) atoms. The molecule has 2 heterocycles. The van der Waals surface area contributed by atoms with Gasteiger partial charge in [-0.3, -0.25) is 4.79 Å². The molecule has 4 rings (SSSR count). The highest BCUT2D eigenvalue weighted by atomic mass is 19.4. The maximum atomic E-state index is 12.7. The molecular formula is C16H15F3N4O. The molecule has 5 nitrogen and oxygen atoms in total. The Morgan fingerprint density at radius 2 is 1.96 bits per heavy atom. The van der Waals surface area contributed by atoms with Gasteiger partial charge in [0.1, 0.15) is 0 Å². The Bertz CT molecular complexity index is 776. The van der Waals surface area contributed by atoms with E-state index in [4.69, 9.17) is 0 Å². The van der Waals surface area contributed by atoms with Crippen LogP contribution in [0.3, 0.4) is 0 Å². The first-order valence-corrected chi connectivity index (χ1v) is 7.80. The number of alkyl halides is 3. The molecule has 1 aromatic heterocycles. The van der Waals surface area contributed by atoms with Gasteiger partial charge in [0.2, 0.25) is 0 Å². The Morgan fingerprint density at radius 1 is 1.21 bits per heavy atom. The molecule has 8 heteroatoms. The molecule has 1 aliphatic carbocycles. The number of hydrogen-bond acceptors (Lipinski definition) is 3. The van der Waals surface area contributed by atoms with Gasteiger partial charge in [-0.15, -0.1) is 5.10 Å². The number of nitrogens with zero attached hydrogens (tertiary/aromatic N) is 4. The second-order valence-electron chi connectivity index (χ2n) is 6.34. The highest BCUT2D eigenvalue weighted by Gasteiger charge is 2.36. The van der Waals surface area contributed by atoms with Crippen molar-refractivity contribution in [3.63, 3.8) is 0 Å². The van der Waals surface area contributed by atoms with Gasteiger partial charge in [0.05, 0.1) is 17.3 Å². The largest absolute Gasteiger partial charge is 0.416 e. The number of likely N-dealkylation sites (tertiary alicyclic amines) is 1. The van der Waals surface area contributed by atoms with Crippen LogP contribution in [0.2, 0.25) is 0 Å². The van der Waals surface area contributed by atoms with Crippen molar-refractivity contribution < 1.29 is 18.0 Å². The molecule has 0 N–H and O–H groups in total. The molecule has 0 bridgehead atoms. The zero-order chi connectivity index (χ0) is 16.9. The summed E-state index contributed by atoms with van der Waals surface area (Å²) < 4.78 is 40.0. The predicted octanol–water partition coefficient (Wildman–Crippen LogP) is 2.87. The second kappa shape index (κ2) is 5.32. The van der Waals surface area contributed by atoms with Crippen LogP contribution in [0.4, 0.5) is 13.2 Å². The molecule has 0 unspecified atom stereocenters. The third-order valence-electron chi connectivity index (χ3n) is 4.48. The number of aromatic nitrogens is 3. The molecule has 1 aliphatic heterocycles. The predicted molar refractivity (Wildman–Crippen MR) is 78.4 cm³/mol. The monoisotopic (exact) mass is 336 g/mol. The van der Waals surface area contributed by atoms with E-state index in [2.05, 4.69) is 10.3 Å². The van der Waals surface area contributed by atoms with Gasteiger partial charge in [-0.2, -0.15) is 13.2 Å². The molecule has 2 aliphatic rings. The fourth-order valence-corrected chi connectivity index (χ4v) is 2.83. The van der Waals surface area contributed by atoms with E-state index in [-0.39, 0.29) is 17.5 Å². The molecule has 2 aromatic rings. The van der Waals surface area contributed by atoms with Crippen LogP contribution < -0.4 is 0 Å². The summed E-state index contributed by atoms with van der Waals surface area (Å²) in [6.07, 6.45) is -0.255. The lowest BCUT2D eigenvalue weighted by Gasteiger charge is -2.38. The van der Waals surface area contributed by atoms with Crippen molar-refractivity contribution in [3.05, 3.63) is 47.3 Å². The van der Waals surface area contributed by atoms with Crippen LogP contribution in [0.1, 0.15) is 46.4 Å². The Labute approximate surface area is 136 Å². The zero-order valence-corrected chi connectivity index (χ0v) is 12.7. The molecule has 1 amide bonds. The van der Waals surface area contributed by atoms with E-state index in [1.165, 1.54) is 17.0 Å². The molecular weight excluding hydrogens is 321 g/mol. The number of benzene rings is 1. The molecule has 2 fully saturated rings. The quantitative estimate of drug-likeness (QED) is 0.866. The highest BCUT2D eigenvalue weighted by molar-refractivity contribution is 5.95. The van der Waals surface area contributed by atoms with Crippen LogP contribution in [0.25, 0.3) is 0 Å². The molecule has 0 atom stereocenters. The summed E-state index contributed by atoms with van der Waals surface area (Å²) in [6.45, 7) is 0.866. The summed E-state index contributed by atoms with van der Waals surface area (Å²) in [7, 11) is 0. The van der Waals surface area contributed by atoms with Crippen molar-refractivity contribution >= 4 is 5.91 Å². The molecule has 1 aromatic carbocycles. The Kier molecular flexibility index (Phi) is 3.36. The van der Waals surface area contributed by atoms with Crippen LogP contribution in [-0.4, -0.2) is 38.9 Å². The first-order valence-electron chi connectivity index (χ1n) is 7.80. The van der Waals surface area contributed by atoms with Crippen LogP contribution in [-0.2, 0) is 6.18 Å². The van der Waals surface area contributed by atoms with E-state index in [1.807, 2.05) is 6.20 Å². The van der Waals surface area contributed by atoms with Crippen molar-refractivity contribution in [2.45, 2.75) is 31.0 Å². The van der Waals surface area contributed by atoms with Crippen LogP contribution in [0.5, 0.6) is 0 Å². The number of carbonyl (C=O) groups excluding carboxylic acids is 1. The molecule has 1 saturated heterocycles. The Balaban J connectivity index is 1.41. The number of amides is 1. The van der Waals surface area contributed by atoms with Crippen molar-refractivity contribution in [3.8, 4) is 0 Å². The minimum absolute atomic E-state index is 0.0414. The lowest BCUT2D eigenvalue weighted by molar-refractivity contribution is -0.137. The Morgan fingerprint density at radius 3 is 2.62 bits per heavy atom. The topological polar surface area (TPSA) is 51.0 Å². The van der Waals surface area contributed by atoms with Gasteiger partial charge in [0.15, 0.2) is 0 Å². The highest BCUT2D eigenvalue weighted by Crippen LogP contribution is 2.39. The number of rotatable bonds is 3. The van der Waals surface area contributed by atoms with E-state index in [0.29, 0.717) is 19.0 Å². The average molecular weight is 336 g/mol. The third kappa shape index (κ3) is 2.76. The van der Waals surface area contributed by atoms with Crippen LogP contribution >= 0.6 is 0 Å². The van der Waals surface area contributed by atoms with E-state index in [9.17, 15) is 18.0 Å². The number of hydrogen-bond donors (Lipinski definition) is 0. The van der Waals surface area contributed by atoms with Crippen molar-refractivity contribution in [1.82, 2.24) is 19.9 Å². The van der Waals surface area contributed by atoms with E-state index < -0.39 is 11.7 Å². The van der Waals surface area contributed by atoms with Gasteiger partial charge < -0.3 is 4.90 Å². The second-order valence-corrected chi connectivity index (χ2v) is 6.34. The van der Waals surface area contributed by atoms with Gasteiger partial charge in [0.25, 0.3) is 5.91 Å². The van der Waals surface area contributed by atoms with E-state index in [0.717, 1.165) is 30.7 Å². The lowest BCUT2D eigenvalue weighted by Crippen LogP contribution is -2.50. The fraction of sp³-hybridized carbons (Fsp3) is 0.438. The SMILES string of the molecule is O=C(c1cccc(C(F)(F)F)c1)N1CC(n2cc(C3CC3)nn2)C1.